The fraction of sp³-hybridized carbons (Fsp3) is 0.0625. The summed E-state index contributed by atoms with van der Waals surface area (Å²) in [7, 11) is 1.36. The fourth-order valence-electron chi connectivity index (χ4n) is 1.08. The van der Waals surface area contributed by atoms with Gasteiger partial charge in [0.05, 0.1) is 7.11 Å². The maximum absolute atomic E-state index is 10.9. The van der Waals surface area contributed by atoms with Crippen LogP contribution < -0.4 is 0 Å². The Morgan fingerprint density at radius 3 is 1.81 bits per heavy atom. The van der Waals surface area contributed by atoms with Gasteiger partial charge in [0.2, 0.25) is 0 Å². The number of methoxy groups -OCH3 is 1. The predicted octanol–water partition coefficient (Wildman–Crippen LogP) is 2.98. The standard InChI is InChI=1S/C9H9O2.C5H5.2CO.Fe/c1-7-3-5-8(6-4-7)9(10)11-2;1-2-4-5-3-1;2*1-2;/h3-6H,1H2,2H3;1-5H;;;/q2*-1;;;+2. The van der Waals surface area contributed by atoms with Crippen molar-refractivity contribution in [3.8, 4) is 0 Å². The van der Waals surface area contributed by atoms with Crippen LogP contribution in [0.3, 0.4) is 0 Å². The van der Waals surface area contributed by atoms with Crippen molar-refractivity contribution in [2.45, 2.75) is 0 Å². The summed E-state index contributed by atoms with van der Waals surface area (Å²) < 4.78 is 19.5. The fourth-order valence-corrected chi connectivity index (χ4v) is 1.08. The van der Waals surface area contributed by atoms with Crippen LogP contribution in [0.5, 0.6) is 0 Å². The van der Waals surface area contributed by atoms with Gasteiger partial charge in [0.15, 0.2) is 0 Å². The summed E-state index contributed by atoms with van der Waals surface area (Å²) >= 11 is 0. The normalized spacial score (nSPS) is 6.90. The van der Waals surface area contributed by atoms with Crippen molar-refractivity contribution < 1.29 is 35.9 Å². The minimum atomic E-state index is -0.315. The van der Waals surface area contributed by atoms with Gasteiger partial charge in [-0.05, 0) is 0 Å². The van der Waals surface area contributed by atoms with E-state index in [-0.39, 0.29) is 23.0 Å². The summed E-state index contributed by atoms with van der Waals surface area (Å²) in [5, 5.41) is 0. The quantitative estimate of drug-likeness (QED) is 0.350. The summed E-state index contributed by atoms with van der Waals surface area (Å²) in [6.45, 7) is 12.7. The van der Waals surface area contributed by atoms with Gasteiger partial charge in [-0.25, -0.2) is 16.9 Å². The number of hydrogen-bond donors (Lipinski definition) is 0. The third-order valence-electron chi connectivity index (χ3n) is 1.93. The van der Waals surface area contributed by atoms with Crippen LogP contribution in [0.4, 0.5) is 0 Å². The molecule has 0 fully saturated rings. The van der Waals surface area contributed by atoms with Gasteiger partial charge < -0.3 is 4.74 Å². The number of carbonyl (C=O) groups is 1. The van der Waals surface area contributed by atoms with Gasteiger partial charge in [0, 0.05) is 5.56 Å². The second kappa shape index (κ2) is 17.9. The molecular weight excluding hydrogens is 312 g/mol. The summed E-state index contributed by atoms with van der Waals surface area (Å²) in [6.07, 6.45) is 0. The molecule has 110 valence electrons. The summed E-state index contributed by atoms with van der Waals surface area (Å²) in [5.41, 5.74) is 1.44. The predicted molar refractivity (Wildman–Crippen MR) is 72.1 cm³/mol. The van der Waals surface area contributed by atoms with Crippen LogP contribution in [-0.2, 0) is 31.1 Å². The average molecular weight is 326 g/mol. The van der Waals surface area contributed by atoms with Crippen molar-refractivity contribution in [2.24, 2.45) is 0 Å². The van der Waals surface area contributed by atoms with Crippen molar-refractivity contribution in [3.05, 3.63) is 85.9 Å². The Balaban J connectivity index is -0.000000273. The maximum atomic E-state index is 10.9. The first-order chi connectivity index (χ1) is 9.74. The topological polar surface area (TPSA) is 66.1 Å². The molecule has 0 N–H and O–H groups in total. The minimum Gasteiger partial charge on any atom is -0.465 e. The molecule has 5 heteroatoms. The number of esters is 1. The van der Waals surface area contributed by atoms with Gasteiger partial charge in [-0.2, -0.15) is 42.8 Å². The van der Waals surface area contributed by atoms with E-state index >= 15 is 0 Å². The number of carbonyl (C=O) groups excluding carboxylic acids is 1. The molecule has 0 aliphatic carbocycles. The van der Waals surface area contributed by atoms with Crippen molar-refractivity contribution in [2.75, 3.05) is 7.11 Å². The first kappa shape index (κ1) is 24.0. The molecule has 0 aliphatic heterocycles. The van der Waals surface area contributed by atoms with Crippen LogP contribution in [0.25, 0.3) is 0 Å². The molecule has 0 radical (unpaired) electrons. The molecule has 0 heterocycles. The minimum absolute atomic E-state index is 0. The van der Waals surface area contributed by atoms with Gasteiger partial charge in [-0.15, -0.1) is 12.1 Å². The molecule has 4 nitrogen and oxygen atoms in total. The van der Waals surface area contributed by atoms with Gasteiger partial charge in [-0.1, -0.05) is 0 Å². The Morgan fingerprint density at radius 1 is 1.10 bits per heavy atom. The van der Waals surface area contributed by atoms with Gasteiger partial charge in [0.1, 0.15) is 0 Å². The molecule has 0 aromatic heterocycles. The van der Waals surface area contributed by atoms with E-state index in [0.717, 1.165) is 5.56 Å². The summed E-state index contributed by atoms with van der Waals surface area (Å²) in [6, 6.07) is 16.9. The number of hydrogen-bond acceptors (Lipinski definition) is 2. The van der Waals surface area contributed by atoms with Crippen LogP contribution in [-0.4, -0.2) is 13.1 Å². The average Bonchev–Trinajstić information content (AvgIpc) is 3.11. The maximum Gasteiger partial charge on any atom is 2.00 e. The molecular formula is C16H14FeO4. The second-order valence-electron chi connectivity index (χ2n) is 3.15. The van der Waals surface area contributed by atoms with E-state index in [2.05, 4.69) is 25.0 Å². The molecule has 2 aromatic rings. The Kier molecular flexibility index (Phi) is 20.4. The number of rotatable bonds is 1. The Bertz CT molecular complexity index is 461. The Morgan fingerprint density at radius 2 is 1.52 bits per heavy atom. The van der Waals surface area contributed by atoms with E-state index in [1.807, 2.05) is 30.3 Å². The molecule has 0 spiro atoms. The zero-order valence-electron chi connectivity index (χ0n) is 11.4. The molecule has 0 bridgehead atoms. The monoisotopic (exact) mass is 326 g/mol. The third-order valence-corrected chi connectivity index (χ3v) is 1.93. The Labute approximate surface area is 135 Å². The zero-order valence-corrected chi connectivity index (χ0v) is 12.5. The summed E-state index contributed by atoms with van der Waals surface area (Å²) in [4.78, 5) is 10.9. The third kappa shape index (κ3) is 12.7. The SMILES string of the molecule is [C-]#[O+].[C-]#[O+].[CH2-]c1ccc(C(=O)OC)cc1.[Fe+2].c1cc[cH-]c1. The molecule has 21 heavy (non-hydrogen) atoms. The number of benzene rings is 1. The van der Waals surface area contributed by atoms with E-state index in [0.29, 0.717) is 5.56 Å². The van der Waals surface area contributed by atoms with E-state index in [1.165, 1.54) is 7.11 Å². The Hall–Kier alpha value is -2.09. The molecule has 2 aromatic carbocycles. The van der Waals surface area contributed by atoms with Gasteiger partial charge in [0.25, 0.3) is 0 Å². The molecule has 0 amide bonds. The van der Waals surface area contributed by atoms with Gasteiger partial charge in [-0.3, -0.25) is 0 Å². The van der Waals surface area contributed by atoms with Crippen LogP contribution >= 0.6 is 0 Å². The van der Waals surface area contributed by atoms with Crippen LogP contribution in [0, 0.1) is 20.2 Å². The van der Waals surface area contributed by atoms with Crippen LogP contribution in [0.15, 0.2) is 54.6 Å². The van der Waals surface area contributed by atoms with Crippen LogP contribution in [0.2, 0.25) is 0 Å². The summed E-state index contributed by atoms with van der Waals surface area (Å²) in [5.74, 6) is -0.315. The first-order valence-electron chi connectivity index (χ1n) is 5.32. The van der Waals surface area contributed by atoms with E-state index in [4.69, 9.17) is 9.30 Å². The van der Waals surface area contributed by atoms with E-state index < -0.39 is 0 Å². The number of ether oxygens (including phenoxy) is 1. The molecule has 0 atom stereocenters. The molecule has 0 unspecified atom stereocenters. The molecule has 0 aliphatic rings. The first-order valence-corrected chi connectivity index (χ1v) is 5.32. The molecule has 0 saturated carbocycles. The second-order valence-corrected chi connectivity index (χ2v) is 3.15. The van der Waals surface area contributed by atoms with Crippen molar-refractivity contribution in [1.29, 1.82) is 0 Å². The largest absolute Gasteiger partial charge is 2.00 e. The van der Waals surface area contributed by atoms with Gasteiger partial charge >= 0.3 is 45.6 Å². The molecule has 0 saturated heterocycles. The van der Waals surface area contributed by atoms with Crippen LogP contribution in [0.1, 0.15) is 15.9 Å². The zero-order chi connectivity index (χ0) is 15.8. The molecule has 2 rings (SSSR count). The van der Waals surface area contributed by atoms with Crippen molar-refractivity contribution in [1.82, 2.24) is 0 Å². The van der Waals surface area contributed by atoms with Crippen molar-refractivity contribution >= 4 is 5.97 Å². The smallest absolute Gasteiger partial charge is 0.465 e. The van der Waals surface area contributed by atoms with Crippen molar-refractivity contribution in [3.63, 3.8) is 0 Å². The van der Waals surface area contributed by atoms with E-state index in [1.54, 1.807) is 24.3 Å². The van der Waals surface area contributed by atoms with E-state index in [9.17, 15) is 4.79 Å².